The van der Waals surface area contributed by atoms with Gasteiger partial charge in [-0.2, -0.15) is 0 Å². The summed E-state index contributed by atoms with van der Waals surface area (Å²) in [7, 11) is 0. The van der Waals surface area contributed by atoms with Crippen LogP contribution in [0.1, 0.15) is 23.3 Å². The maximum atomic E-state index is 13.7. The van der Waals surface area contributed by atoms with Crippen molar-refractivity contribution in [3.63, 3.8) is 0 Å². The lowest BCUT2D eigenvalue weighted by Crippen LogP contribution is -2.24. The molecule has 5 nitrogen and oxygen atoms in total. The maximum absolute atomic E-state index is 13.7. The van der Waals surface area contributed by atoms with E-state index in [0.717, 1.165) is 61.2 Å². The lowest BCUT2D eigenvalue weighted by atomic mass is 9.97. The molecule has 1 amide bonds. The van der Waals surface area contributed by atoms with Crippen molar-refractivity contribution in [1.29, 1.82) is 0 Å². The monoisotopic (exact) mass is 447 g/mol. The molecule has 0 unspecified atom stereocenters. The standard InChI is InChI=1S/C21H19F2N3O2S2/c1-2-9-26-20(28)18-13-5-3-4-6-16(13)30-19(18)25-21(26)29-11-17(27)24-15-10-12(22)7-8-14(15)23/h2,7-8,10H,1,3-6,9,11H2,(H,24,27). The van der Waals surface area contributed by atoms with Crippen LogP contribution in [0.3, 0.4) is 0 Å². The highest BCUT2D eigenvalue weighted by atomic mass is 32.2. The van der Waals surface area contributed by atoms with Crippen LogP contribution in [0.15, 0.2) is 40.8 Å². The van der Waals surface area contributed by atoms with Gasteiger partial charge in [0.05, 0.1) is 16.8 Å². The number of hydrogen-bond acceptors (Lipinski definition) is 5. The number of anilines is 1. The first-order valence-corrected chi connectivity index (χ1v) is 11.3. The number of nitrogens with zero attached hydrogens (tertiary/aromatic N) is 2. The van der Waals surface area contributed by atoms with E-state index < -0.39 is 17.5 Å². The van der Waals surface area contributed by atoms with Crippen molar-refractivity contribution < 1.29 is 13.6 Å². The second kappa shape index (κ2) is 8.69. The number of aromatic nitrogens is 2. The summed E-state index contributed by atoms with van der Waals surface area (Å²) in [5, 5.41) is 3.43. The fraction of sp³-hybridized carbons (Fsp3) is 0.286. The van der Waals surface area contributed by atoms with Gasteiger partial charge < -0.3 is 5.32 Å². The molecule has 30 heavy (non-hydrogen) atoms. The molecular formula is C21H19F2N3O2S2. The van der Waals surface area contributed by atoms with Crippen LogP contribution in [-0.2, 0) is 24.2 Å². The lowest BCUT2D eigenvalue weighted by Gasteiger charge is -2.12. The Hall–Kier alpha value is -2.52. The Morgan fingerprint density at radius 2 is 2.13 bits per heavy atom. The van der Waals surface area contributed by atoms with E-state index in [1.54, 1.807) is 6.08 Å². The average Bonchev–Trinajstić information content (AvgIpc) is 3.10. The number of nitrogens with one attached hydrogen (secondary N) is 1. The van der Waals surface area contributed by atoms with Gasteiger partial charge in [0.25, 0.3) is 5.56 Å². The van der Waals surface area contributed by atoms with Gasteiger partial charge >= 0.3 is 0 Å². The van der Waals surface area contributed by atoms with Crippen LogP contribution in [0.25, 0.3) is 10.2 Å². The van der Waals surface area contributed by atoms with Crippen LogP contribution in [0, 0.1) is 11.6 Å². The second-order valence-electron chi connectivity index (χ2n) is 6.95. The molecule has 1 aromatic carbocycles. The molecule has 0 fully saturated rings. The predicted molar refractivity (Wildman–Crippen MR) is 116 cm³/mol. The highest BCUT2D eigenvalue weighted by Gasteiger charge is 2.22. The van der Waals surface area contributed by atoms with E-state index in [-0.39, 0.29) is 23.5 Å². The SMILES string of the molecule is C=CCn1c(SCC(=O)Nc2cc(F)ccc2F)nc2sc3c(c2c1=O)CCCC3. The fourth-order valence-electron chi connectivity index (χ4n) is 3.53. The van der Waals surface area contributed by atoms with Crippen LogP contribution in [-0.4, -0.2) is 21.2 Å². The van der Waals surface area contributed by atoms with Gasteiger partial charge in [0.1, 0.15) is 16.5 Å². The molecule has 0 spiro atoms. The zero-order valence-corrected chi connectivity index (χ0v) is 17.7. The van der Waals surface area contributed by atoms with E-state index in [2.05, 4.69) is 16.9 Å². The van der Waals surface area contributed by atoms with Gasteiger partial charge in [-0.1, -0.05) is 17.8 Å². The van der Waals surface area contributed by atoms with E-state index in [1.807, 2.05) is 0 Å². The molecule has 1 aliphatic rings. The molecule has 0 aliphatic heterocycles. The number of carbonyl (C=O) groups is 1. The molecule has 3 aromatic rings. The number of allylic oxidation sites excluding steroid dienone is 1. The smallest absolute Gasteiger partial charge is 0.263 e. The van der Waals surface area contributed by atoms with E-state index in [4.69, 9.17) is 0 Å². The molecule has 0 saturated heterocycles. The quantitative estimate of drug-likeness (QED) is 0.343. The highest BCUT2D eigenvalue weighted by molar-refractivity contribution is 7.99. The van der Waals surface area contributed by atoms with Gasteiger partial charge in [-0.05, 0) is 43.4 Å². The van der Waals surface area contributed by atoms with Crippen LogP contribution in [0.4, 0.5) is 14.5 Å². The maximum Gasteiger partial charge on any atom is 0.263 e. The Labute approximate surface area is 179 Å². The largest absolute Gasteiger partial charge is 0.323 e. The Balaban J connectivity index is 1.61. The number of carbonyl (C=O) groups excluding carboxylic acids is 1. The summed E-state index contributed by atoms with van der Waals surface area (Å²) in [6.07, 6.45) is 5.63. The van der Waals surface area contributed by atoms with Crippen molar-refractivity contribution in [3.8, 4) is 0 Å². The van der Waals surface area contributed by atoms with E-state index in [1.165, 1.54) is 20.8 Å². The molecule has 0 saturated carbocycles. The number of rotatable bonds is 6. The van der Waals surface area contributed by atoms with Crippen molar-refractivity contribution in [3.05, 3.63) is 63.3 Å². The molecule has 2 heterocycles. The third kappa shape index (κ3) is 4.04. The van der Waals surface area contributed by atoms with E-state index >= 15 is 0 Å². The number of thiophene rings is 1. The first kappa shape index (κ1) is 20.7. The van der Waals surface area contributed by atoms with Crippen LogP contribution in [0.5, 0.6) is 0 Å². The molecule has 9 heteroatoms. The molecular weight excluding hydrogens is 428 g/mol. The van der Waals surface area contributed by atoms with Crippen molar-refractivity contribution in [2.45, 2.75) is 37.4 Å². The zero-order chi connectivity index (χ0) is 21.3. The van der Waals surface area contributed by atoms with Gasteiger partial charge in [0.15, 0.2) is 5.16 Å². The molecule has 0 radical (unpaired) electrons. The molecule has 156 valence electrons. The van der Waals surface area contributed by atoms with Crippen molar-refractivity contribution in [2.75, 3.05) is 11.1 Å². The summed E-state index contributed by atoms with van der Waals surface area (Å²) in [5.74, 6) is -1.99. The molecule has 4 rings (SSSR count). The molecule has 1 N–H and O–H groups in total. The minimum Gasteiger partial charge on any atom is -0.323 e. The summed E-state index contributed by atoms with van der Waals surface area (Å²) in [6.45, 7) is 3.98. The Morgan fingerprint density at radius 3 is 2.93 bits per heavy atom. The Morgan fingerprint density at radius 1 is 1.33 bits per heavy atom. The molecule has 2 aromatic heterocycles. The fourth-order valence-corrected chi connectivity index (χ4v) is 5.64. The Bertz CT molecular complexity index is 1200. The number of fused-ring (bicyclic) bond motifs is 3. The third-order valence-electron chi connectivity index (χ3n) is 4.89. The van der Waals surface area contributed by atoms with E-state index in [9.17, 15) is 18.4 Å². The average molecular weight is 448 g/mol. The number of thioether (sulfide) groups is 1. The molecule has 0 atom stereocenters. The number of halogens is 2. The van der Waals surface area contributed by atoms with Gasteiger partial charge in [-0.25, -0.2) is 13.8 Å². The summed E-state index contributed by atoms with van der Waals surface area (Å²) >= 11 is 2.62. The van der Waals surface area contributed by atoms with Crippen LogP contribution in [0.2, 0.25) is 0 Å². The number of amides is 1. The second-order valence-corrected chi connectivity index (χ2v) is 8.98. The van der Waals surface area contributed by atoms with Crippen LogP contribution < -0.4 is 10.9 Å². The summed E-state index contributed by atoms with van der Waals surface area (Å²) in [4.78, 5) is 32.0. The number of hydrogen-bond donors (Lipinski definition) is 1. The minimum atomic E-state index is -0.720. The van der Waals surface area contributed by atoms with Crippen LogP contribution >= 0.6 is 23.1 Å². The van der Waals surface area contributed by atoms with Crippen molar-refractivity contribution in [2.24, 2.45) is 0 Å². The van der Waals surface area contributed by atoms with Crippen molar-refractivity contribution in [1.82, 2.24) is 9.55 Å². The predicted octanol–water partition coefficient (Wildman–Crippen LogP) is 4.53. The normalized spacial score (nSPS) is 13.3. The molecule has 0 bridgehead atoms. The topological polar surface area (TPSA) is 64.0 Å². The Kier molecular flexibility index (Phi) is 6.01. The first-order chi connectivity index (χ1) is 14.5. The first-order valence-electron chi connectivity index (χ1n) is 9.51. The third-order valence-corrected chi connectivity index (χ3v) is 7.05. The summed E-state index contributed by atoms with van der Waals surface area (Å²) in [5.41, 5.74) is 0.754. The minimum absolute atomic E-state index is 0.101. The van der Waals surface area contributed by atoms with E-state index in [0.29, 0.717) is 15.4 Å². The van der Waals surface area contributed by atoms with Gasteiger partial charge in [0.2, 0.25) is 5.91 Å². The van der Waals surface area contributed by atoms with Crippen molar-refractivity contribution >= 4 is 44.9 Å². The zero-order valence-electron chi connectivity index (χ0n) is 16.0. The van der Waals surface area contributed by atoms with Gasteiger partial charge in [-0.3, -0.25) is 14.2 Å². The summed E-state index contributed by atoms with van der Waals surface area (Å²) < 4.78 is 28.6. The number of aryl methyl sites for hydroxylation is 2. The van der Waals surface area contributed by atoms with Gasteiger partial charge in [0, 0.05) is 17.5 Å². The van der Waals surface area contributed by atoms with Gasteiger partial charge in [-0.15, -0.1) is 17.9 Å². The highest BCUT2D eigenvalue weighted by Crippen LogP contribution is 2.34. The molecule has 1 aliphatic carbocycles. The summed E-state index contributed by atoms with van der Waals surface area (Å²) in [6, 6.07) is 2.85. The number of benzene rings is 1. The lowest BCUT2D eigenvalue weighted by molar-refractivity contribution is -0.113.